The van der Waals surface area contributed by atoms with E-state index >= 15 is 0 Å². The molecule has 3 N–H and O–H groups in total. The number of aliphatic hydroxyl groups is 2. The van der Waals surface area contributed by atoms with Gasteiger partial charge in [0.25, 0.3) is 5.69 Å². The van der Waals surface area contributed by atoms with Gasteiger partial charge in [-0.2, -0.15) is 0 Å². The second kappa shape index (κ2) is 19.7. The van der Waals surface area contributed by atoms with Gasteiger partial charge < -0.3 is 34.4 Å². The number of nitrogens with zero attached hydrogens (tertiary/aromatic N) is 3. The van der Waals surface area contributed by atoms with Crippen LogP contribution < -0.4 is 4.74 Å². The Morgan fingerprint density at radius 1 is 1.09 bits per heavy atom. The number of carbonyl (C=O) groups is 1. The summed E-state index contributed by atoms with van der Waals surface area (Å²) in [5.41, 5.74) is 2.94. The summed E-state index contributed by atoms with van der Waals surface area (Å²) in [5, 5.41) is 46.4. The van der Waals surface area contributed by atoms with Gasteiger partial charge in [0.2, 0.25) is 5.79 Å². The zero-order chi connectivity index (χ0) is 39.4. The highest BCUT2D eigenvalue weighted by atomic mass is 16.7. The van der Waals surface area contributed by atoms with Crippen molar-refractivity contribution in [2.75, 3.05) is 33.0 Å². The van der Waals surface area contributed by atoms with E-state index in [0.29, 0.717) is 49.3 Å². The number of benzene rings is 2. The number of carbonyl (C=O) groups excluding carboxylic acids is 1. The molecule has 1 saturated carbocycles. The summed E-state index contributed by atoms with van der Waals surface area (Å²) >= 11 is 0. The van der Waals surface area contributed by atoms with Gasteiger partial charge in [-0.1, -0.05) is 43.1 Å². The van der Waals surface area contributed by atoms with Crippen molar-refractivity contribution in [1.29, 1.82) is 0 Å². The second-order valence-corrected chi connectivity index (χ2v) is 14.4. The molecule has 0 radical (unpaired) electrons. The topological polar surface area (TPSA) is 173 Å². The number of rotatable bonds is 21. The van der Waals surface area contributed by atoms with Crippen LogP contribution in [-0.2, 0) is 20.9 Å². The number of aromatic hydroxyl groups is 1. The summed E-state index contributed by atoms with van der Waals surface area (Å²) in [7, 11) is 0. The minimum Gasteiger partial charge on any atom is -0.508 e. The van der Waals surface area contributed by atoms with Crippen LogP contribution in [0.2, 0.25) is 0 Å². The summed E-state index contributed by atoms with van der Waals surface area (Å²) in [6.45, 7) is 10.5. The predicted molar refractivity (Wildman–Crippen MR) is 208 cm³/mol. The molecule has 13 heteroatoms. The molecule has 6 atom stereocenters. The maximum absolute atomic E-state index is 14.1. The van der Waals surface area contributed by atoms with Crippen LogP contribution >= 0.6 is 0 Å². The lowest BCUT2D eigenvalue weighted by atomic mass is 9.55. The summed E-state index contributed by atoms with van der Waals surface area (Å²) in [5.74, 6) is -1.58. The third-order valence-corrected chi connectivity index (χ3v) is 10.8. The Morgan fingerprint density at radius 2 is 1.84 bits per heavy atom. The van der Waals surface area contributed by atoms with E-state index in [1.54, 1.807) is 47.4 Å². The summed E-state index contributed by atoms with van der Waals surface area (Å²) in [6.07, 6.45) is 10.7. The van der Waals surface area contributed by atoms with Crippen molar-refractivity contribution < 1.29 is 44.1 Å². The SMILES string of the molecule is C=CCCOC(=O)N(CCC)C1CC(=NOCc2ccc([N+](=O)[O-])cc2)C2=CC(CCCCO)C(CCCCO)C3c4cc(O)ccc4OC1(OCC=C)C23. The van der Waals surface area contributed by atoms with Gasteiger partial charge in [0.1, 0.15) is 24.1 Å². The zero-order valence-corrected chi connectivity index (χ0v) is 31.7. The van der Waals surface area contributed by atoms with E-state index in [1.165, 1.54) is 12.1 Å². The molecule has 0 aromatic heterocycles. The molecule has 0 saturated heterocycles. The Morgan fingerprint density at radius 3 is 2.51 bits per heavy atom. The first-order valence-corrected chi connectivity index (χ1v) is 19.4. The molecule has 5 rings (SSSR count). The molecular formula is C42H55N3O10. The fourth-order valence-corrected chi connectivity index (χ4v) is 8.48. The highest BCUT2D eigenvalue weighted by molar-refractivity contribution is 6.03. The number of unbranched alkanes of at least 4 members (excludes halogenated alkanes) is 2. The van der Waals surface area contributed by atoms with Gasteiger partial charge in [0, 0.05) is 49.8 Å². The van der Waals surface area contributed by atoms with Gasteiger partial charge in [-0.15, -0.1) is 13.2 Å². The predicted octanol–water partition coefficient (Wildman–Crippen LogP) is 7.56. The average molecular weight is 762 g/mol. The summed E-state index contributed by atoms with van der Waals surface area (Å²) in [6, 6.07) is 10.4. The second-order valence-electron chi connectivity index (χ2n) is 14.4. The van der Waals surface area contributed by atoms with Crippen LogP contribution in [0.25, 0.3) is 0 Å². The van der Waals surface area contributed by atoms with Gasteiger partial charge in [-0.3, -0.25) is 15.0 Å². The number of phenols is 1. The van der Waals surface area contributed by atoms with Crippen LogP contribution in [0.4, 0.5) is 10.5 Å². The molecule has 1 amide bonds. The molecule has 2 aromatic carbocycles. The number of hydrogen-bond acceptors (Lipinski definition) is 11. The number of nitro benzene ring substituents is 1. The minimum absolute atomic E-state index is 0.00958. The smallest absolute Gasteiger partial charge is 0.410 e. The fraction of sp³-hybridized carbons (Fsp3) is 0.524. The highest BCUT2D eigenvalue weighted by Crippen LogP contribution is 2.62. The molecule has 6 unspecified atom stereocenters. The van der Waals surface area contributed by atoms with Crippen LogP contribution in [-0.4, -0.2) is 81.7 Å². The van der Waals surface area contributed by atoms with Crippen LogP contribution in [0.1, 0.15) is 81.8 Å². The fourth-order valence-electron chi connectivity index (χ4n) is 8.48. The van der Waals surface area contributed by atoms with Gasteiger partial charge in [-0.25, -0.2) is 4.79 Å². The number of hydrogen-bond donors (Lipinski definition) is 3. The van der Waals surface area contributed by atoms with Crippen LogP contribution in [0.5, 0.6) is 11.5 Å². The number of amides is 1. The van der Waals surface area contributed by atoms with Crippen molar-refractivity contribution >= 4 is 17.5 Å². The van der Waals surface area contributed by atoms with Crippen LogP contribution in [0.15, 0.2) is 84.6 Å². The average Bonchev–Trinajstić information content (AvgIpc) is 3.18. The lowest BCUT2D eigenvalue weighted by molar-refractivity contribution is -0.384. The number of nitro groups is 1. The number of phenolic OH excluding ortho intramolecular Hbond substituents is 1. The summed E-state index contributed by atoms with van der Waals surface area (Å²) in [4.78, 5) is 32.6. The van der Waals surface area contributed by atoms with E-state index in [-0.39, 0.29) is 68.6 Å². The molecule has 3 aliphatic rings. The van der Waals surface area contributed by atoms with Crippen molar-refractivity contribution in [3.8, 4) is 11.5 Å². The van der Waals surface area contributed by atoms with Gasteiger partial charge in [0.15, 0.2) is 0 Å². The van der Waals surface area contributed by atoms with E-state index in [2.05, 4.69) is 19.2 Å². The van der Waals surface area contributed by atoms with Crippen molar-refractivity contribution in [1.82, 2.24) is 4.90 Å². The monoisotopic (exact) mass is 761 g/mol. The Balaban J connectivity index is 1.71. The summed E-state index contributed by atoms with van der Waals surface area (Å²) < 4.78 is 19.8. The van der Waals surface area contributed by atoms with E-state index in [4.69, 9.17) is 24.2 Å². The molecule has 2 aliphatic carbocycles. The molecule has 0 bridgehead atoms. The van der Waals surface area contributed by atoms with Gasteiger partial charge in [-0.05, 0) is 91.8 Å². The van der Waals surface area contributed by atoms with E-state index in [1.807, 2.05) is 6.92 Å². The van der Waals surface area contributed by atoms with Crippen LogP contribution in [0.3, 0.4) is 0 Å². The normalized spacial score (nSPS) is 24.5. The number of aliphatic hydroxyl groups excluding tert-OH is 2. The Kier molecular flexibility index (Phi) is 14.9. The van der Waals surface area contributed by atoms with Crippen molar-refractivity contribution in [3.05, 3.63) is 101 Å². The maximum Gasteiger partial charge on any atom is 0.410 e. The molecule has 1 aliphatic heterocycles. The van der Waals surface area contributed by atoms with Gasteiger partial charge >= 0.3 is 6.09 Å². The first-order valence-electron chi connectivity index (χ1n) is 19.4. The number of fused-ring (bicyclic) bond motifs is 2. The molecule has 1 fully saturated rings. The van der Waals surface area contributed by atoms with E-state index < -0.39 is 28.8 Å². The first-order chi connectivity index (χ1) is 26.7. The Hall–Kier alpha value is -4.72. The molecular weight excluding hydrogens is 706 g/mol. The lowest BCUT2D eigenvalue weighted by Crippen LogP contribution is -2.70. The molecule has 2 aromatic rings. The number of allylic oxidation sites excluding steroid dienone is 1. The molecule has 13 nitrogen and oxygen atoms in total. The maximum atomic E-state index is 14.1. The van der Waals surface area contributed by atoms with Crippen molar-refractivity contribution in [3.63, 3.8) is 0 Å². The molecule has 1 heterocycles. The van der Waals surface area contributed by atoms with Gasteiger partial charge in [0.05, 0.1) is 29.8 Å². The Bertz CT molecular complexity index is 1690. The largest absolute Gasteiger partial charge is 0.508 e. The van der Waals surface area contributed by atoms with Crippen molar-refractivity contribution in [2.24, 2.45) is 22.9 Å². The number of non-ortho nitro benzene ring substituents is 1. The Labute approximate surface area is 323 Å². The van der Waals surface area contributed by atoms with Crippen molar-refractivity contribution in [2.45, 2.75) is 89.1 Å². The molecule has 298 valence electrons. The molecule has 55 heavy (non-hydrogen) atoms. The third kappa shape index (κ3) is 9.40. The lowest BCUT2D eigenvalue weighted by Gasteiger charge is -2.59. The van der Waals surface area contributed by atoms with E-state index in [0.717, 1.165) is 36.8 Å². The first kappa shape index (κ1) is 41.4. The minimum atomic E-state index is -1.44. The number of ether oxygens (including phenoxy) is 3. The van der Waals surface area contributed by atoms with E-state index in [9.17, 15) is 30.2 Å². The van der Waals surface area contributed by atoms with Crippen LogP contribution in [0, 0.1) is 27.9 Å². The third-order valence-electron chi connectivity index (χ3n) is 10.8. The quantitative estimate of drug-likeness (QED) is 0.0499. The zero-order valence-electron chi connectivity index (χ0n) is 31.7. The highest BCUT2D eigenvalue weighted by Gasteiger charge is 2.65. The molecule has 0 spiro atoms. The number of oxime groups is 1. The standard InChI is InChI=1S/C42H55N3O10/c1-4-7-24-52-41(49)44(20-5-2)38-27-36(43-54-28-29-14-16-31(17-15-29)45(50)51)34-25-30(12-8-10-21-46)33(13-9-11-22-47)39-35-26-32(48)18-19-37(35)55-42(38,40(34)39)53-23-6-3/h4,6,14-19,25-26,30,33,38-40,46-48H,1,3,5,7-13,20-24,27-28H2,2H3.